The molecular formula is C18H32N2O3. The molecule has 0 fully saturated rings. The van der Waals surface area contributed by atoms with Gasteiger partial charge in [0.15, 0.2) is 0 Å². The number of carbonyl (C=O) groups is 1. The molecule has 0 aliphatic heterocycles. The monoisotopic (exact) mass is 324 g/mol. The van der Waals surface area contributed by atoms with Gasteiger partial charge in [0, 0.05) is 0 Å². The van der Waals surface area contributed by atoms with Gasteiger partial charge < -0.3 is 21.7 Å². The van der Waals surface area contributed by atoms with Crippen LogP contribution in [0, 0.1) is 0 Å². The molecule has 1 rings (SSSR count). The van der Waals surface area contributed by atoms with Gasteiger partial charge in [-0.15, -0.1) is 0 Å². The standard InChI is InChI=1S/C12H18O.C6H14N2O2/c1-8(2)10-6-5-7-11(9(3)4)12(10)13;7-4-2-1-3-5(8)6(9)10/h5-9,13H,1-4H3;5H,1-4,7-8H2,(H,9,10). The number of phenolic OH excluding ortho intramolecular Hbond substituents is 1. The Morgan fingerprint density at radius 1 is 1.09 bits per heavy atom. The maximum atomic E-state index is 10.1. The smallest absolute Gasteiger partial charge is 0.320 e. The van der Waals surface area contributed by atoms with Gasteiger partial charge in [-0.2, -0.15) is 0 Å². The maximum Gasteiger partial charge on any atom is 0.320 e. The minimum absolute atomic E-state index is 0.388. The SMILES string of the molecule is CC(C)c1cccc(C(C)C)c1O.NCCCCC(N)C(=O)O. The molecule has 1 unspecified atom stereocenters. The van der Waals surface area contributed by atoms with E-state index in [2.05, 4.69) is 27.7 Å². The van der Waals surface area contributed by atoms with E-state index in [1.165, 1.54) is 0 Å². The Hall–Kier alpha value is -1.59. The summed E-state index contributed by atoms with van der Waals surface area (Å²) < 4.78 is 0. The normalized spacial score (nSPS) is 12.0. The number of rotatable bonds is 7. The number of hydrogen-bond acceptors (Lipinski definition) is 4. The van der Waals surface area contributed by atoms with Gasteiger partial charge >= 0.3 is 5.97 Å². The van der Waals surface area contributed by atoms with Crippen molar-refractivity contribution in [3.63, 3.8) is 0 Å². The summed E-state index contributed by atoms with van der Waals surface area (Å²) in [5.41, 5.74) is 12.5. The molecular weight excluding hydrogens is 292 g/mol. The highest BCUT2D eigenvalue weighted by atomic mass is 16.4. The molecule has 5 heteroatoms. The van der Waals surface area contributed by atoms with E-state index < -0.39 is 12.0 Å². The number of hydrogen-bond donors (Lipinski definition) is 4. The van der Waals surface area contributed by atoms with E-state index in [0.717, 1.165) is 24.0 Å². The molecule has 0 amide bonds. The van der Waals surface area contributed by atoms with Crippen LogP contribution >= 0.6 is 0 Å². The number of nitrogens with two attached hydrogens (primary N) is 2. The summed E-state index contributed by atoms with van der Waals surface area (Å²) in [6.45, 7) is 8.99. The van der Waals surface area contributed by atoms with Crippen molar-refractivity contribution in [2.45, 2.75) is 64.8 Å². The van der Waals surface area contributed by atoms with Gasteiger partial charge in [0.1, 0.15) is 11.8 Å². The highest BCUT2D eigenvalue weighted by Crippen LogP contribution is 2.32. The molecule has 0 heterocycles. The van der Waals surface area contributed by atoms with Crippen LogP contribution in [0.1, 0.15) is 69.9 Å². The van der Waals surface area contributed by atoms with Gasteiger partial charge in [-0.3, -0.25) is 4.79 Å². The summed E-state index contributed by atoms with van der Waals surface area (Å²) in [6, 6.07) is 5.29. The molecule has 0 spiro atoms. The molecule has 1 atom stereocenters. The summed E-state index contributed by atoms with van der Waals surface area (Å²) >= 11 is 0. The van der Waals surface area contributed by atoms with E-state index >= 15 is 0 Å². The quantitative estimate of drug-likeness (QED) is 0.576. The molecule has 6 N–H and O–H groups in total. The van der Waals surface area contributed by atoms with Gasteiger partial charge in [-0.1, -0.05) is 52.3 Å². The van der Waals surface area contributed by atoms with E-state index in [4.69, 9.17) is 16.6 Å². The highest BCUT2D eigenvalue weighted by molar-refractivity contribution is 5.72. The number of benzene rings is 1. The average Bonchev–Trinajstić information content (AvgIpc) is 2.47. The van der Waals surface area contributed by atoms with Crippen LogP contribution in [0.5, 0.6) is 5.75 Å². The predicted octanol–water partition coefficient (Wildman–Crippen LogP) is 3.17. The van der Waals surface area contributed by atoms with Crippen molar-refractivity contribution in [2.24, 2.45) is 11.5 Å². The first-order chi connectivity index (χ1) is 10.7. The maximum absolute atomic E-state index is 10.1. The third-order valence-corrected chi connectivity index (χ3v) is 3.63. The Morgan fingerprint density at radius 2 is 1.57 bits per heavy atom. The van der Waals surface area contributed by atoms with Crippen molar-refractivity contribution in [3.05, 3.63) is 29.3 Å². The highest BCUT2D eigenvalue weighted by Gasteiger charge is 2.11. The van der Waals surface area contributed by atoms with Crippen molar-refractivity contribution in [2.75, 3.05) is 6.54 Å². The van der Waals surface area contributed by atoms with E-state index in [-0.39, 0.29) is 0 Å². The molecule has 1 aromatic carbocycles. The number of phenols is 1. The van der Waals surface area contributed by atoms with Gasteiger partial charge in [0.05, 0.1) is 0 Å². The van der Waals surface area contributed by atoms with Crippen LogP contribution in [-0.2, 0) is 4.79 Å². The van der Waals surface area contributed by atoms with E-state index in [1.54, 1.807) is 0 Å². The Labute approximate surface area is 139 Å². The first-order valence-corrected chi connectivity index (χ1v) is 8.22. The minimum Gasteiger partial charge on any atom is -0.507 e. The van der Waals surface area contributed by atoms with Crippen molar-refractivity contribution >= 4 is 5.97 Å². The molecule has 1 aromatic rings. The zero-order chi connectivity index (χ0) is 18.0. The van der Waals surface area contributed by atoms with Crippen LogP contribution in [-0.4, -0.2) is 28.8 Å². The van der Waals surface area contributed by atoms with Crippen LogP contribution in [0.25, 0.3) is 0 Å². The molecule has 0 bridgehead atoms. The van der Waals surface area contributed by atoms with Gasteiger partial charge in [-0.05, 0) is 42.3 Å². The minimum atomic E-state index is -0.933. The Kier molecular flexibility index (Phi) is 10.3. The largest absolute Gasteiger partial charge is 0.507 e. The van der Waals surface area contributed by atoms with Crippen LogP contribution < -0.4 is 11.5 Å². The summed E-state index contributed by atoms with van der Waals surface area (Å²) in [5.74, 6) is 0.321. The third-order valence-electron chi connectivity index (χ3n) is 3.63. The van der Waals surface area contributed by atoms with Crippen molar-refractivity contribution in [1.82, 2.24) is 0 Å². The van der Waals surface area contributed by atoms with E-state index in [1.807, 2.05) is 18.2 Å². The fraction of sp³-hybridized carbons (Fsp3) is 0.611. The summed E-state index contributed by atoms with van der Waals surface area (Å²) in [6.07, 6.45) is 2.16. The number of carboxylic acids is 1. The fourth-order valence-electron chi connectivity index (χ4n) is 2.14. The molecule has 0 radical (unpaired) electrons. The number of unbranched alkanes of at least 4 members (excludes halogenated alkanes) is 1. The lowest BCUT2D eigenvalue weighted by molar-refractivity contribution is -0.138. The van der Waals surface area contributed by atoms with Gasteiger partial charge in [-0.25, -0.2) is 0 Å². The Morgan fingerprint density at radius 3 is 1.91 bits per heavy atom. The Bertz CT molecular complexity index is 447. The zero-order valence-corrected chi connectivity index (χ0v) is 14.7. The van der Waals surface area contributed by atoms with E-state index in [0.29, 0.717) is 30.6 Å². The molecule has 0 saturated heterocycles. The molecule has 23 heavy (non-hydrogen) atoms. The molecule has 0 aliphatic rings. The first-order valence-electron chi connectivity index (χ1n) is 8.22. The van der Waals surface area contributed by atoms with Crippen LogP contribution in [0.3, 0.4) is 0 Å². The first kappa shape index (κ1) is 21.4. The topological polar surface area (TPSA) is 110 Å². The fourth-order valence-corrected chi connectivity index (χ4v) is 2.14. The van der Waals surface area contributed by atoms with Crippen LogP contribution in [0.2, 0.25) is 0 Å². The summed E-state index contributed by atoms with van der Waals surface area (Å²) in [7, 11) is 0. The van der Waals surface area contributed by atoms with Crippen LogP contribution in [0.4, 0.5) is 0 Å². The number of aromatic hydroxyl groups is 1. The van der Waals surface area contributed by atoms with Crippen molar-refractivity contribution < 1.29 is 15.0 Å². The van der Waals surface area contributed by atoms with Crippen molar-refractivity contribution in [1.29, 1.82) is 0 Å². The number of carboxylic acid groups (broad SMARTS) is 1. The second-order valence-corrected chi connectivity index (χ2v) is 6.32. The predicted molar refractivity (Wildman–Crippen MR) is 94.8 cm³/mol. The van der Waals surface area contributed by atoms with E-state index in [9.17, 15) is 9.90 Å². The van der Waals surface area contributed by atoms with Crippen LogP contribution in [0.15, 0.2) is 18.2 Å². The van der Waals surface area contributed by atoms with Gasteiger partial charge in [0.2, 0.25) is 0 Å². The summed E-state index contributed by atoms with van der Waals surface area (Å²) in [5, 5.41) is 18.3. The molecule has 132 valence electrons. The van der Waals surface area contributed by atoms with Crippen molar-refractivity contribution in [3.8, 4) is 5.75 Å². The Balaban J connectivity index is 0.000000438. The third kappa shape index (κ3) is 8.00. The second kappa shape index (κ2) is 11.0. The lowest BCUT2D eigenvalue weighted by Crippen LogP contribution is -2.29. The molecule has 0 saturated carbocycles. The van der Waals surface area contributed by atoms with Gasteiger partial charge in [0.25, 0.3) is 0 Å². The lowest BCUT2D eigenvalue weighted by atomic mass is 9.94. The lowest BCUT2D eigenvalue weighted by Gasteiger charge is -2.14. The number of para-hydroxylation sites is 1. The number of aliphatic carboxylic acids is 1. The average molecular weight is 324 g/mol. The second-order valence-electron chi connectivity index (χ2n) is 6.32. The molecule has 0 aliphatic carbocycles. The summed E-state index contributed by atoms with van der Waals surface area (Å²) in [4.78, 5) is 10.1. The molecule has 0 aromatic heterocycles. The molecule has 5 nitrogen and oxygen atoms in total. The zero-order valence-electron chi connectivity index (χ0n) is 14.7.